The zero-order chi connectivity index (χ0) is 30.2. The number of imidazole rings is 1. The van der Waals surface area contributed by atoms with Crippen LogP contribution in [0.4, 0.5) is 0 Å². The number of nitrogens with zero attached hydrogens (tertiary/aromatic N) is 2. The molecule has 4 fully saturated rings. The van der Waals surface area contributed by atoms with E-state index in [0.29, 0.717) is 23.5 Å². The molecule has 5 nitrogen and oxygen atoms in total. The molecule has 0 unspecified atom stereocenters. The third kappa shape index (κ3) is 3.27. The SMILES string of the molecule is CC(=O)[C@@H]1CC[C@]2(C(=O)n3ccnc3)CC[C@]3(C)[C@H](CC[C@@H]4[C@@]5(C)Cc6c([nH]c7ccccc67)C(C)(C)[C@@H]5CC[C@]43C)[C@@H]12. The van der Waals surface area contributed by atoms with Gasteiger partial charge >= 0.3 is 0 Å². The number of fused-ring (bicyclic) bond motifs is 10. The number of ketones is 1. The Morgan fingerprint density at radius 3 is 2.44 bits per heavy atom. The van der Waals surface area contributed by atoms with E-state index in [2.05, 4.69) is 68.9 Å². The van der Waals surface area contributed by atoms with E-state index in [1.807, 2.05) is 6.20 Å². The molecule has 0 saturated heterocycles. The maximum absolute atomic E-state index is 14.3. The lowest BCUT2D eigenvalue weighted by Gasteiger charge is -2.72. The lowest BCUT2D eigenvalue weighted by Crippen LogP contribution is -2.67. The Morgan fingerprint density at radius 1 is 0.907 bits per heavy atom. The Kier molecular flexibility index (Phi) is 5.65. The van der Waals surface area contributed by atoms with Crippen molar-refractivity contribution in [2.24, 2.45) is 51.2 Å². The van der Waals surface area contributed by atoms with Gasteiger partial charge in [0.15, 0.2) is 0 Å². The smallest absolute Gasteiger partial charge is 0.238 e. The largest absolute Gasteiger partial charge is 0.358 e. The van der Waals surface area contributed by atoms with Gasteiger partial charge in [0, 0.05) is 40.3 Å². The summed E-state index contributed by atoms with van der Waals surface area (Å²) in [5, 5.41) is 1.41. The summed E-state index contributed by atoms with van der Waals surface area (Å²) in [6.45, 7) is 14.7. The number of hydrogen-bond donors (Lipinski definition) is 1. The zero-order valence-electron chi connectivity index (χ0n) is 27.0. The molecule has 9 atom stereocenters. The van der Waals surface area contributed by atoms with E-state index in [1.165, 1.54) is 35.9 Å². The summed E-state index contributed by atoms with van der Waals surface area (Å²) in [6.07, 6.45) is 14.8. The Hall–Kier alpha value is -2.69. The number of aromatic nitrogens is 3. The minimum absolute atomic E-state index is 0.00781. The van der Waals surface area contributed by atoms with Crippen LogP contribution in [0.2, 0.25) is 0 Å². The van der Waals surface area contributed by atoms with Gasteiger partial charge in [-0.25, -0.2) is 4.98 Å². The zero-order valence-corrected chi connectivity index (χ0v) is 27.0. The fraction of sp³-hybridized carbons (Fsp3) is 0.658. The normalized spacial score (nSPS) is 42.8. The molecule has 43 heavy (non-hydrogen) atoms. The van der Waals surface area contributed by atoms with E-state index < -0.39 is 5.41 Å². The van der Waals surface area contributed by atoms with Crippen molar-refractivity contribution in [2.45, 2.75) is 105 Å². The van der Waals surface area contributed by atoms with E-state index >= 15 is 0 Å². The fourth-order valence-electron chi connectivity index (χ4n) is 13.3. The second-order valence-electron chi connectivity index (χ2n) is 16.8. The molecular formula is C38H49N3O2. The van der Waals surface area contributed by atoms with Crippen molar-refractivity contribution in [2.75, 3.05) is 0 Å². The van der Waals surface area contributed by atoms with Gasteiger partial charge in [-0.05, 0) is 116 Å². The molecule has 0 amide bonds. The van der Waals surface area contributed by atoms with E-state index in [1.54, 1.807) is 29.6 Å². The molecule has 5 aliphatic rings. The number of benzene rings is 1. The molecule has 2 heterocycles. The number of carbonyl (C=O) groups is 2. The monoisotopic (exact) mass is 579 g/mol. The Morgan fingerprint density at radius 2 is 1.70 bits per heavy atom. The highest BCUT2D eigenvalue weighted by Gasteiger charge is 2.72. The lowest BCUT2D eigenvalue weighted by molar-refractivity contribution is -0.221. The van der Waals surface area contributed by atoms with Gasteiger partial charge in [0.05, 0.1) is 5.41 Å². The average molecular weight is 580 g/mol. The number of rotatable bonds is 2. The molecule has 228 valence electrons. The number of aromatic amines is 1. The topological polar surface area (TPSA) is 67.8 Å². The van der Waals surface area contributed by atoms with Crippen LogP contribution in [0.15, 0.2) is 43.0 Å². The summed E-state index contributed by atoms with van der Waals surface area (Å²) >= 11 is 0. The number of para-hydroxylation sites is 1. The van der Waals surface area contributed by atoms with Crippen LogP contribution in [0.5, 0.6) is 0 Å². The summed E-state index contributed by atoms with van der Waals surface area (Å²) in [5.41, 5.74) is 4.43. The molecular weight excluding hydrogens is 530 g/mol. The first-order valence-electron chi connectivity index (χ1n) is 17.0. The maximum atomic E-state index is 14.3. The fourth-order valence-corrected chi connectivity index (χ4v) is 13.3. The number of carbonyl (C=O) groups excluding carboxylic acids is 2. The van der Waals surface area contributed by atoms with Crippen LogP contribution < -0.4 is 0 Å². The van der Waals surface area contributed by atoms with Crippen molar-refractivity contribution < 1.29 is 9.59 Å². The average Bonchev–Trinajstić information content (AvgIpc) is 3.71. The highest BCUT2D eigenvalue weighted by atomic mass is 16.2. The predicted octanol–water partition coefficient (Wildman–Crippen LogP) is 8.39. The lowest BCUT2D eigenvalue weighted by atomic mass is 9.32. The van der Waals surface area contributed by atoms with Crippen molar-refractivity contribution in [3.05, 3.63) is 54.2 Å². The van der Waals surface area contributed by atoms with Gasteiger partial charge in [-0.3, -0.25) is 14.2 Å². The van der Waals surface area contributed by atoms with Crippen molar-refractivity contribution >= 4 is 22.6 Å². The number of nitrogens with one attached hydrogen (secondary N) is 1. The van der Waals surface area contributed by atoms with Crippen LogP contribution in [0.3, 0.4) is 0 Å². The molecule has 8 rings (SSSR count). The Balaban J connectivity index is 1.22. The summed E-state index contributed by atoms with van der Waals surface area (Å²) < 4.78 is 1.72. The first-order valence-corrected chi connectivity index (χ1v) is 17.0. The van der Waals surface area contributed by atoms with E-state index in [0.717, 1.165) is 38.5 Å². The van der Waals surface area contributed by atoms with Crippen molar-refractivity contribution in [1.82, 2.24) is 14.5 Å². The third-order valence-electron chi connectivity index (χ3n) is 15.3. The number of hydrogen-bond acceptors (Lipinski definition) is 3. The van der Waals surface area contributed by atoms with Crippen LogP contribution in [0.1, 0.15) is 109 Å². The number of H-pyrrole nitrogens is 1. The minimum Gasteiger partial charge on any atom is -0.358 e. The summed E-state index contributed by atoms with van der Waals surface area (Å²) in [7, 11) is 0. The molecule has 0 aliphatic heterocycles. The molecule has 1 aromatic carbocycles. The Bertz CT molecular complexity index is 1630. The van der Waals surface area contributed by atoms with Crippen LogP contribution in [-0.4, -0.2) is 26.2 Å². The molecule has 2 aromatic heterocycles. The second kappa shape index (κ2) is 8.73. The van der Waals surface area contributed by atoms with Crippen molar-refractivity contribution in [3.8, 4) is 0 Å². The summed E-state index contributed by atoms with van der Waals surface area (Å²) in [6, 6.07) is 8.92. The van der Waals surface area contributed by atoms with Gasteiger partial charge in [0.2, 0.25) is 5.91 Å². The molecule has 0 radical (unpaired) electrons. The van der Waals surface area contributed by atoms with Gasteiger partial charge in [0.25, 0.3) is 0 Å². The maximum Gasteiger partial charge on any atom is 0.238 e. The molecule has 5 heteroatoms. The second-order valence-corrected chi connectivity index (χ2v) is 16.8. The van der Waals surface area contributed by atoms with Gasteiger partial charge < -0.3 is 4.98 Å². The Labute approximate surface area is 256 Å². The quantitative estimate of drug-likeness (QED) is 0.332. The van der Waals surface area contributed by atoms with E-state index in [9.17, 15) is 9.59 Å². The van der Waals surface area contributed by atoms with Crippen molar-refractivity contribution in [1.29, 1.82) is 0 Å². The van der Waals surface area contributed by atoms with Gasteiger partial charge in [-0.2, -0.15) is 0 Å². The molecule has 4 saturated carbocycles. The first kappa shape index (κ1) is 27.8. The highest BCUT2D eigenvalue weighted by Crippen LogP contribution is 2.77. The van der Waals surface area contributed by atoms with Crippen LogP contribution >= 0.6 is 0 Å². The van der Waals surface area contributed by atoms with Gasteiger partial charge in [-0.15, -0.1) is 0 Å². The molecule has 5 aliphatic carbocycles. The highest BCUT2D eigenvalue weighted by molar-refractivity contribution is 5.89. The minimum atomic E-state index is -0.447. The molecule has 0 spiro atoms. The van der Waals surface area contributed by atoms with Gasteiger partial charge in [0.1, 0.15) is 12.1 Å². The standard InChI is InChI=1S/C38H49N3O2/c1-23(42)24-13-16-38(33(43)41-20-19-39-22-41)18-17-36(5)27(31(24)38)11-12-30-35(4)21-26-25-9-7-8-10-28(25)40-32(26)34(2,3)29(35)14-15-37(30,36)6/h7-10,19-20,22,24,27,29-31,40H,11-18,21H2,1-6H3/t24-,27+,29-,30+,31+,35-,36+,37+,38-/m0/s1. The van der Waals surface area contributed by atoms with Crippen LogP contribution in [0, 0.1) is 51.2 Å². The van der Waals surface area contributed by atoms with Crippen LogP contribution in [-0.2, 0) is 16.6 Å². The van der Waals surface area contributed by atoms with E-state index in [4.69, 9.17) is 0 Å². The van der Waals surface area contributed by atoms with E-state index in [-0.39, 0.29) is 39.4 Å². The van der Waals surface area contributed by atoms with Gasteiger partial charge in [-0.1, -0.05) is 52.8 Å². The molecule has 0 bridgehead atoms. The third-order valence-corrected chi connectivity index (χ3v) is 15.3. The predicted molar refractivity (Wildman–Crippen MR) is 170 cm³/mol. The summed E-state index contributed by atoms with van der Waals surface area (Å²) in [5.74, 6) is 2.24. The molecule has 1 N–H and O–H groups in total. The van der Waals surface area contributed by atoms with Crippen molar-refractivity contribution in [3.63, 3.8) is 0 Å². The summed E-state index contributed by atoms with van der Waals surface area (Å²) in [4.78, 5) is 35.7. The number of Topliss-reactive ketones (excluding diaryl/α,β-unsaturated/α-hetero) is 1. The van der Waals surface area contributed by atoms with Crippen LogP contribution in [0.25, 0.3) is 10.9 Å². The first-order chi connectivity index (χ1) is 20.4. The molecule has 3 aromatic rings.